The summed E-state index contributed by atoms with van der Waals surface area (Å²) >= 11 is 1.80. The van der Waals surface area contributed by atoms with Gasteiger partial charge in [0.1, 0.15) is 0 Å². The van der Waals surface area contributed by atoms with E-state index in [1.54, 1.807) is 11.8 Å². The summed E-state index contributed by atoms with van der Waals surface area (Å²) in [6.07, 6.45) is 2.12. The lowest BCUT2D eigenvalue weighted by Crippen LogP contribution is -2.01. The molecule has 74 valence electrons. The smallest absolute Gasteiger partial charge is 0.0407 e. The average Bonchev–Trinajstić information content (AvgIpc) is 2.59. The SMILES string of the molecule is CSc1ccc2c(c1)C(=C(C)C)NC2. The normalized spacial score (nSPS) is 13.8. The van der Waals surface area contributed by atoms with Crippen molar-refractivity contribution in [3.63, 3.8) is 0 Å². The third-order valence-electron chi connectivity index (χ3n) is 2.54. The number of rotatable bonds is 1. The second-order valence-corrected chi connectivity index (χ2v) is 4.63. The molecule has 2 heteroatoms. The Hall–Kier alpha value is -0.890. The van der Waals surface area contributed by atoms with Gasteiger partial charge in [-0.05, 0) is 37.8 Å². The van der Waals surface area contributed by atoms with Crippen molar-refractivity contribution in [2.45, 2.75) is 25.3 Å². The molecule has 0 radical (unpaired) electrons. The molecule has 1 aliphatic heterocycles. The summed E-state index contributed by atoms with van der Waals surface area (Å²) in [6, 6.07) is 6.70. The molecule has 0 bridgehead atoms. The van der Waals surface area contributed by atoms with Gasteiger partial charge in [-0.25, -0.2) is 0 Å². The van der Waals surface area contributed by atoms with Gasteiger partial charge in [-0.3, -0.25) is 0 Å². The molecule has 0 spiro atoms. The van der Waals surface area contributed by atoms with E-state index in [0.717, 1.165) is 6.54 Å². The summed E-state index contributed by atoms with van der Waals surface area (Å²) < 4.78 is 0. The molecule has 2 rings (SSSR count). The summed E-state index contributed by atoms with van der Waals surface area (Å²) in [5.41, 5.74) is 5.48. The first-order valence-corrected chi connectivity index (χ1v) is 6.03. The Morgan fingerprint density at radius 3 is 2.79 bits per heavy atom. The van der Waals surface area contributed by atoms with E-state index in [2.05, 4.69) is 43.6 Å². The fourth-order valence-corrected chi connectivity index (χ4v) is 2.23. The number of benzene rings is 1. The largest absolute Gasteiger partial charge is 0.381 e. The van der Waals surface area contributed by atoms with Crippen molar-refractivity contribution in [2.75, 3.05) is 6.26 Å². The summed E-state index contributed by atoms with van der Waals surface area (Å²) in [4.78, 5) is 1.34. The Kier molecular flexibility index (Phi) is 2.55. The Morgan fingerprint density at radius 2 is 2.14 bits per heavy atom. The first-order valence-electron chi connectivity index (χ1n) is 4.81. The lowest BCUT2D eigenvalue weighted by Gasteiger charge is -2.04. The minimum Gasteiger partial charge on any atom is -0.381 e. The zero-order chi connectivity index (χ0) is 10.1. The van der Waals surface area contributed by atoms with E-state index in [1.807, 2.05) is 0 Å². The van der Waals surface area contributed by atoms with Gasteiger partial charge in [-0.15, -0.1) is 11.8 Å². The van der Waals surface area contributed by atoms with Gasteiger partial charge in [0.15, 0.2) is 0 Å². The zero-order valence-electron chi connectivity index (χ0n) is 8.85. The van der Waals surface area contributed by atoms with Gasteiger partial charge >= 0.3 is 0 Å². The van der Waals surface area contributed by atoms with E-state index in [-0.39, 0.29) is 0 Å². The maximum absolute atomic E-state index is 3.44. The first kappa shape index (κ1) is 9.66. The summed E-state index contributed by atoms with van der Waals surface area (Å²) in [5.74, 6) is 0. The third-order valence-corrected chi connectivity index (χ3v) is 3.27. The molecule has 1 aliphatic rings. The van der Waals surface area contributed by atoms with Gasteiger partial charge in [0.2, 0.25) is 0 Å². The second kappa shape index (κ2) is 3.70. The Bertz CT molecular complexity index is 389. The van der Waals surface area contributed by atoms with Crippen LogP contribution in [0.5, 0.6) is 0 Å². The number of thioether (sulfide) groups is 1. The van der Waals surface area contributed by atoms with Crippen molar-refractivity contribution in [2.24, 2.45) is 0 Å². The van der Waals surface area contributed by atoms with E-state index < -0.39 is 0 Å². The second-order valence-electron chi connectivity index (χ2n) is 3.75. The van der Waals surface area contributed by atoms with Crippen LogP contribution in [-0.4, -0.2) is 6.26 Å². The monoisotopic (exact) mass is 205 g/mol. The number of nitrogens with one attached hydrogen (secondary N) is 1. The van der Waals surface area contributed by atoms with Crippen LogP contribution in [0.15, 0.2) is 28.7 Å². The molecular weight excluding hydrogens is 190 g/mol. The van der Waals surface area contributed by atoms with Gasteiger partial charge in [0.25, 0.3) is 0 Å². The van der Waals surface area contributed by atoms with Crippen molar-refractivity contribution < 1.29 is 0 Å². The summed E-state index contributed by atoms with van der Waals surface area (Å²) in [5, 5.41) is 3.44. The van der Waals surface area contributed by atoms with Crippen molar-refractivity contribution in [1.29, 1.82) is 0 Å². The molecule has 0 atom stereocenters. The predicted octanol–water partition coefficient (Wildman–Crippen LogP) is 3.26. The van der Waals surface area contributed by atoms with Gasteiger partial charge in [0, 0.05) is 22.7 Å². The molecule has 0 saturated heterocycles. The standard InChI is InChI=1S/C12H15NS/c1-8(2)12-11-6-10(14-3)5-4-9(11)7-13-12/h4-6,13H,7H2,1-3H3. The van der Waals surface area contributed by atoms with Crippen molar-refractivity contribution in [3.05, 3.63) is 34.9 Å². The highest BCUT2D eigenvalue weighted by Crippen LogP contribution is 2.30. The quantitative estimate of drug-likeness (QED) is 0.706. The Labute approximate surface area is 89.6 Å². The number of hydrogen-bond acceptors (Lipinski definition) is 2. The van der Waals surface area contributed by atoms with Crippen LogP contribution in [0.25, 0.3) is 5.70 Å². The molecule has 1 aromatic carbocycles. The molecule has 0 amide bonds. The molecule has 0 fully saturated rings. The fraction of sp³-hybridized carbons (Fsp3) is 0.333. The van der Waals surface area contributed by atoms with Crippen LogP contribution in [0.2, 0.25) is 0 Å². The summed E-state index contributed by atoms with van der Waals surface area (Å²) in [6.45, 7) is 5.29. The molecular formula is C12H15NS. The molecule has 1 nitrogen and oxygen atoms in total. The molecule has 0 unspecified atom stereocenters. The number of allylic oxidation sites excluding steroid dienone is 1. The molecule has 0 aromatic heterocycles. The van der Waals surface area contributed by atoms with Gasteiger partial charge in [-0.1, -0.05) is 11.6 Å². The Balaban J connectivity index is 2.53. The van der Waals surface area contributed by atoms with Gasteiger partial charge < -0.3 is 5.32 Å². The lowest BCUT2D eigenvalue weighted by molar-refractivity contribution is 0.936. The van der Waals surface area contributed by atoms with Gasteiger partial charge in [-0.2, -0.15) is 0 Å². The van der Waals surface area contributed by atoms with E-state index in [0.29, 0.717) is 0 Å². The Morgan fingerprint density at radius 1 is 1.36 bits per heavy atom. The highest BCUT2D eigenvalue weighted by Gasteiger charge is 2.16. The minimum atomic E-state index is 0.977. The van der Waals surface area contributed by atoms with Crippen LogP contribution < -0.4 is 5.32 Å². The minimum absolute atomic E-state index is 0.977. The molecule has 1 N–H and O–H groups in total. The predicted molar refractivity (Wildman–Crippen MR) is 63.3 cm³/mol. The van der Waals surface area contributed by atoms with Crippen LogP contribution in [0.4, 0.5) is 0 Å². The maximum Gasteiger partial charge on any atom is 0.0407 e. The van der Waals surface area contributed by atoms with E-state index >= 15 is 0 Å². The first-order chi connectivity index (χ1) is 6.72. The van der Waals surface area contributed by atoms with Crippen LogP contribution in [0.3, 0.4) is 0 Å². The van der Waals surface area contributed by atoms with E-state index in [4.69, 9.17) is 0 Å². The van der Waals surface area contributed by atoms with Crippen molar-refractivity contribution in [1.82, 2.24) is 5.32 Å². The van der Waals surface area contributed by atoms with Crippen LogP contribution in [0, 0.1) is 0 Å². The molecule has 14 heavy (non-hydrogen) atoms. The van der Waals surface area contributed by atoms with Crippen molar-refractivity contribution >= 4 is 17.5 Å². The summed E-state index contributed by atoms with van der Waals surface area (Å²) in [7, 11) is 0. The molecule has 1 heterocycles. The number of fused-ring (bicyclic) bond motifs is 1. The third kappa shape index (κ3) is 1.55. The maximum atomic E-state index is 3.44. The average molecular weight is 205 g/mol. The highest BCUT2D eigenvalue weighted by molar-refractivity contribution is 7.98. The fourth-order valence-electron chi connectivity index (χ4n) is 1.79. The van der Waals surface area contributed by atoms with Gasteiger partial charge in [0.05, 0.1) is 0 Å². The zero-order valence-corrected chi connectivity index (χ0v) is 9.66. The molecule has 0 aliphatic carbocycles. The van der Waals surface area contributed by atoms with E-state index in [9.17, 15) is 0 Å². The number of hydrogen-bond donors (Lipinski definition) is 1. The molecule has 0 saturated carbocycles. The topological polar surface area (TPSA) is 12.0 Å². The van der Waals surface area contributed by atoms with Crippen LogP contribution >= 0.6 is 11.8 Å². The van der Waals surface area contributed by atoms with E-state index in [1.165, 1.54) is 27.3 Å². The van der Waals surface area contributed by atoms with Crippen LogP contribution in [-0.2, 0) is 6.54 Å². The highest BCUT2D eigenvalue weighted by atomic mass is 32.2. The van der Waals surface area contributed by atoms with Crippen LogP contribution in [0.1, 0.15) is 25.0 Å². The van der Waals surface area contributed by atoms with Crippen molar-refractivity contribution in [3.8, 4) is 0 Å². The molecule has 1 aromatic rings. The lowest BCUT2D eigenvalue weighted by atomic mass is 10.1.